The molecule has 0 saturated carbocycles. The molecule has 0 heterocycles. The van der Waals surface area contributed by atoms with E-state index in [9.17, 15) is 9.59 Å². The number of rotatable bonds is 35. The second-order valence-corrected chi connectivity index (χ2v) is 9.11. The van der Waals surface area contributed by atoms with E-state index in [-0.39, 0.29) is 19.2 Å². The van der Waals surface area contributed by atoms with E-state index in [1.165, 1.54) is 0 Å². The second-order valence-electron chi connectivity index (χ2n) is 9.11. The molecular formula is C30H56O13. The molecule has 0 aliphatic heterocycles. The Balaban J connectivity index is 3.10. The molecule has 0 aromatic heterocycles. The zero-order chi connectivity index (χ0) is 31.5. The fraction of sp³-hybridized carbons (Fsp3) is 0.867. The number of carbonyl (C=O) groups excluding carboxylic acids is 2. The van der Waals surface area contributed by atoms with Gasteiger partial charge in [-0.2, -0.15) is 0 Å². The average Bonchev–Trinajstić information content (AvgIpc) is 2.99. The lowest BCUT2D eigenvalue weighted by Crippen LogP contribution is -2.16. The molecule has 0 bridgehead atoms. The minimum atomic E-state index is -0.415. The highest BCUT2D eigenvalue weighted by molar-refractivity contribution is 5.86. The Bertz CT molecular complexity index is 633. The number of hydrogen-bond donors (Lipinski definition) is 0. The van der Waals surface area contributed by atoms with Crippen molar-refractivity contribution in [2.75, 3.05) is 132 Å². The van der Waals surface area contributed by atoms with Crippen molar-refractivity contribution < 1.29 is 61.7 Å². The summed E-state index contributed by atoms with van der Waals surface area (Å²) in [4.78, 5) is 22.6. The van der Waals surface area contributed by atoms with Gasteiger partial charge in [0, 0.05) is 12.0 Å². The molecule has 0 unspecified atom stereocenters. The summed E-state index contributed by atoms with van der Waals surface area (Å²) in [5, 5.41) is 0. The Kier molecular flexibility index (Phi) is 33.4. The van der Waals surface area contributed by atoms with Crippen LogP contribution in [0.1, 0.15) is 39.5 Å². The van der Waals surface area contributed by atoms with Gasteiger partial charge in [0.25, 0.3) is 0 Å². The summed E-state index contributed by atoms with van der Waals surface area (Å²) in [6, 6.07) is 0. The van der Waals surface area contributed by atoms with Crippen LogP contribution >= 0.6 is 0 Å². The van der Waals surface area contributed by atoms with Gasteiger partial charge in [-0.3, -0.25) is 4.79 Å². The highest BCUT2D eigenvalue weighted by Crippen LogP contribution is 2.00. The van der Waals surface area contributed by atoms with E-state index in [1.807, 2.05) is 0 Å². The number of ether oxygens (including phenoxy) is 11. The molecule has 0 spiro atoms. The van der Waals surface area contributed by atoms with Crippen molar-refractivity contribution in [2.45, 2.75) is 39.5 Å². The Hall–Kier alpha value is -1.68. The van der Waals surface area contributed by atoms with Crippen LogP contribution in [-0.2, 0) is 61.7 Å². The molecule has 13 nitrogen and oxygen atoms in total. The maximum absolute atomic E-state index is 11.4. The van der Waals surface area contributed by atoms with Crippen molar-refractivity contribution >= 4 is 11.9 Å². The van der Waals surface area contributed by atoms with Crippen molar-refractivity contribution in [3.63, 3.8) is 0 Å². The second kappa shape index (κ2) is 34.8. The molecule has 0 N–H and O–H groups in total. The van der Waals surface area contributed by atoms with Crippen LogP contribution < -0.4 is 0 Å². The smallest absolute Gasteiger partial charge is 0.333 e. The van der Waals surface area contributed by atoms with Gasteiger partial charge in [0.05, 0.1) is 119 Å². The van der Waals surface area contributed by atoms with Gasteiger partial charge in [-0.15, -0.1) is 0 Å². The predicted molar refractivity (Wildman–Crippen MR) is 158 cm³/mol. The summed E-state index contributed by atoms with van der Waals surface area (Å²) in [6.45, 7) is 15.9. The maximum atomic E-state index is 11.4. The molecular weight excluding hydrogens is 568 g/mol. The van der Waals surface area contributed by atoms with E-state index in [1.54, 1.807) is 6.92 Å². The highest BCUT2D eigenvalue weighted by Gasteiger charge is 2.03. The lowest BCUT2D eigenvalue weighted by Gasteiger charge is -2.09. The van der Waals surface area contributed by atoms with Crippen molar-refractivity contribution in [3.05, 3.63) is 12.2 Å². The summed E-state index contributed by atoms with van der Waals surface area (Å²) in [5.74, 6) is -0.578. The fourth-order valence-corrected chi connectivity index (χ4v) is 2.98. The third kappa shape index (κ3) is 34.7. The van der Waals surface area contributed by atoms with Gasteiger partial charge in [-0.25, -0.2) is 4.79 Å². The number of esters is 2. The molecule has 13 heteroatoms. The molecule has 0 rings (SSSR count). The van der Waals surface area contributed by atoms with Crippen LogP contribution in [0.3, 0.4) is 0 Å². The molecule has 0 saturated heterocycles. The van der Waals surface area contributed by atoms with E-state index < -0.39 is 5.97 Å². The Morgan fingerprint density at radius 1 is 0.442 bits per heavy atom. The van der Waals surface area contributed by atoms with Gasteiger partial charge in [-0.1, -0.05) is 26.3 Å². The van der Waals surface area contributed by atoms with Gasteiger partial charge in [0.2, 0.25) is 0 Å². The first kappa shape index (κ1) is 41.3. The van der Waals surface area contributed by atoms with Crippen molar-refractivity contribution in [1.82, 2.24) is 0 Å². The summed E-state index contributed by atoms with van der Waals surface area (Å²) in [5.41, 5.74) is 0.368. The van der Waals surface area contributed by atoms with Crippen molar-refractivity contribution in [3.8, 4) is 0 Å². The maximum Gasteiger partial charge on any atom is 0.333 e. The lowest BCUT2D eigenvalue weighted by molar-refractivity contribution is -0.145. The van der Waals surface area contributed by atoms with E-state index in [0.29, 0.717) is 131 Å². The Morgan fingerprint density at radius 3 is 1.00 bits per heavy atom. The van der Waals surface area contributed by atoms with Crippen LogP contribution in [0.4, 0.5) is 0 Å². The summed E-state index contributed by atoms with van der Waals surface area (Å²) in [7, 11) is 0. The topological polar surface area (TPSA) is 136 Å². The molecule has 0 fully saturated rings. The number of carbonyl (C=O) groups is 2. The number of unbranched alkanes of at least 4 members (excludes halogenated alkanes) is 2. The molecule has 0 aliphatic carbocycles. The molecule has 0 radical (unpaired) electrons. The number of hydrogen-bond acceptors (Lipinski definition) is 13. The molecule has 43 heavy (non-hydrogen) atoms. The molecule has 0 aromatic carbocycles. The summed E-state index contributed by atoms with van der Waals surface area (Å²) < 4.78 is 58.7. The Labute approximate surface area is 257 Å². The SMILES string of the molecule is C=C(C)C(=O)OCCOCCOCCOCCOCCOCCOCCOCCOCCOCCOC(=O)CCCCC. The van der Waals surface area contributed by atoms with E-state index in [0.717, 1.165) is 19.3 Å². The third-order valence-electron chi connectivity index (χ3n) is 5.26. The molecule has 254 valence electrons. The van der Waals surface area contributed by atoms with Crippen LogP contribution in [0.25, 0.3) is 0 Å². The standard InChI is InChI=1S/C30H56O13/c1-4-5-6-7-29(31)42-26-24-40-22-20-38-18-16-36-14-12-34-10-8-33-9-11-35-13-15-37-17-19-39-21-23-41-25-27-43-30(32)28(2)3/h2,4-27H2,1,3H3. The lowest BCUT2D eigenvalue weighted by atomic mass is 10.2. The van der Waals surface area contributed by atoms with Gasteiger partial charge in [0.1, 0.15) is 13.2 Å². The first-order valence-electron chi connectivity index (χ1n) is 15.3. The van der Waals surface area contributed by atoms with Crippen molar-refractivity contribution in [2.24, 2.45) is 0 Å². The molecule has 0 aromatic rings. The van der Waals surface area contributed by atoms with E-state index in [2.05, 4.69) is 13.5 Å². The minimum absolute atomic E-state index is 0.163. The normalized spacial score (nSPS) is 11.1. The van der Waals surface area contributed by atoms with Crippen LogP contribution in [0, 0.1) is 0 Å². The first-order chi connectivity index (χ1) is 21.1. The Morgan fingerprint density at radius 2 is 0.721 bits per heavy atom. The van der Waals surface area contributed by atoms with Crippen LogP contribution in [0.15, 0.2) is 12.2 Å². The minimum Gasteiger partial charge on any atom is -0.463 e. The monoisotopic (exact) mass is 624 g/mol. The molecule has 0 atom stereocenters. The quantitative estimate of drug-likeness (QED) is 0.0581. The van der Waals surface area contributed by atoms with E-state index >= 15 is 0 Å². The van der Waals surface area contributed by atoms with Gasteiger partial charge in [0.15, 0.2) is 0 Å². The zero-order valence-electron chi connectivity index (χ0n) is 26.5. The first-order valence-corrected chi connectivity index (χ1v) is 15.3. The summed E-state index contributed by atoms with van der Waals surface area (Å²) >= 11 is 0. The van der Waals surface area contributed by atoms with Crippen LogP contribution in [0.5, 0.6) is 0 Å². The van der Waals surface area contributed by atoms with Gasteiger partial charge >= 0.3 is 11.9 Å². The molecule has 0 aliphatic rings. The van der Waals surface area contributed by atoms with Gasteiger partial charge in [-0.05, 0) is 13.3 Å². The van der Waals surface area contributed by atoms with E-state index in [4.69, 9.17) is 52.1 Å². The summed E-state index contributed by atoms with van der Waals surface area (Å²) in [6.07, 6.45) is 3.48. The third-order valence-corrected chi connectivity index (χ3v) is 5.26. The highest BCUT2D eigenvalue weighted by atomic mass is 16.6. The van der Waals surface area contributed by atoms with Gasteiger partial charge < -0.3 is 52.1 Å². The van der Waals surface area contributed by atoms with Crippen molar-refractivity contribution in [1.29, 1.82) is 0 Å². The predicted octanol–water partition coefficient (Wildman–Crippen LogP) is 2.38. The fourth-order valence-electron chi connectivity index (χ4n) is 2.98. The average molecular weight is 625 g/mol. The van der Waals surface area contributed by atoms with Crippen LogP contribution in [-0.4, -0.2) is 144 Å². The van der Waals surface area contributed by atoms with Crippen LogP contribution in [0.2, 0.25) is 0 Å². The molecule has 0 amide bonds. The largest absolute Gasteiger partial charge is 0.463 e. The zero-order valence-corrected chi connectivity index (χ0v) is 26.5.